The molecule has 4 nitrogen and oxygen atoms in total. The lowest BCUT2D eigenvalue weighted by Gasteiger charge is -2.26. The number of rotatable bonds is 2. The average molecular weight is 186 g/mol. The van der Waals surface area contributed by atoms with Crippen LogP contribution in [-0.4, -0.2) is 18.1 Å². The van der Waals surface area contributed by atoms with E-state index in [0.717, 1.165) is 0 Å². The van der Waals surface area contributed by atoms with Gasteiger partial charge in [-0.2, -0.15) is 10.5 Å². The van der Waals surface area contributed by atoms with E-state index in [-0.39, 0.29) is 11.7 Å². The molecule has 1 aliphatic rings. The van der Waals surface area contributed by atoms with Gasteiger partial charge in [0.2, 0.25) is 0 Å². The topological polar surface area (TPSA) is 62.9 Å². The molecule has 4 heteroatoms. The third-order valence-electron chi connectivity index (χ3n) is 1.80. The molecule has 0 aliphatic carbocycles. The van der Waals surface area contributed by atoms with Crippen LogP contribution >= 0.6 is 0 Å². The SMILES string of the molecule is CN1C=CC=CC1NC=C(C#N)C#N. The summed E-state index contributed by atoms with van der Waals surface area (Å²) in [6.07, 6.45) is 9.08. The average Bonchev–Trinajstić information content (AvgIpc) is 2.22. The maximum absolute atomic E-state index is 8.50. The van der Waals surface area contributed by atoms with Crippen LogP contribution in [0.2, 0.25) is 0 Å². The van der Waals surface area contributed by atoms with Gasteiger partial charge in [-0.15, -0.1) is 0 Å². The second-order valence-corrected chi connectivity index (χ2v) is 2.79. The Hall–Kier alpha value is -2.20. The van der Waals surface area contributed by atoms with Crippen molar-refractivity contribution in [1.29, 1.82) is 10.5 Å². The molecule has 1 aliphatic heterocycles. The molecule has 1 heterocycles. The highest BCUT2D eigenvalue weighted by molar-refractivity contribution is 5.34. The molecular formula is C10H10N4. The summed E-state index contributed by atoms with van der Waals surface area (Å²) in [5.74, 6) is 0. The van der Waals surface area contributed by atoms with Gasteiger partial charge in [0.1, 0.15) is 23.9 Å². The molecule has 0 spiro atoms. The molecule has 1 rings (SSSR count). The number of nitrogens with one attached hydrogen (secondary N) is 1. The summed E-state index contributed by atoms with van der Waals surface area (Å²) in [6.45, 7) is 0. The van der Waals surface area contributed by atoms with E-state index in [1.54, 1.807) is 12.1 Å². The van der Waals surface area contributed by atoms with Gasteiger partial charge in [0.05, 0.1) is 0 Å². The Labute approximate surface area is 83.0 Å². The van der Waals surface area contributed by atoms with Crippen molar-refractivity contribution in [2.75, 3.05) is 7.05 Å². The molecule has 1 N–H and O–H groups in total. The van der Waals surface area contributed by atoms with Gasteiger partial charge in [0, 0.05) is 19.4 Å². The monoisotopic (exact) mass is 186 g/mol. The Bertz CT molecular complexity index is 349. The number of hydrogen-bond donors (Lipinski definition) is 1. The predicted octanol–water partition coefficient (Wildman–Crippen LogP) is 0.848. The standard InChI is InChI=1S/C10H10N4/c1-14-5-3-2-4-10(14)13-8-9(6-11)7-12/h2-5,8,10,13H,1H3. The molecule has 70 valence electrons. The van der Waals surface area contributed by atoms with Crippen LogP contribution in [0.1, 0.15) is 0 Å². The molecule has 0 fully saturated rings. The Morgan fingerprint density at radius 1 is 1.43 bits per heavy atom. The van der Waals surface area contributed by atoms with Crippen molar-refractivity contribution >= 4 is 0 Å². The smallest absolute Gasteiger partial charge is 0.145 e. The minimum atomic E-state index is -0.00306. The summed E-state index contributed by atoms with van der Waals surface area (Å²) in [5.41, 5.74) is 0.0707. The highest BCUT2D eigenvalue weighted by Gasteiger charge is 2.07. The molecule has 1 atom stereocenters. The van der Waals surface area contributed by atoms with Gasteiger partial charge in [-0.05, 0) is 12.2 Å². The number of allylic oxidation sites excluding steroid dienone is 3. The lowest BCUT2D eigenvalue weighted by Crippen LogP contribution is -2.37. The molecule has 0 saturated heterocycles. The zero-order chi connectivity index (χ0) is 10.4. The first-order valence-corrected chi connectivity index (χ1v) is 4.11. The number of nitrogens with zero attached hydrogens (tertiary/aromatic N) is 3. The second-order valence-electron chi connectivity index (χ2n) is 2.79. The van der Waals surface area contributed by atoms with Crippen molar-refractivity contribution in [3.05, 3.63) is 36.2 Å². The van der Waals surface area contributed by atoms with Gasteiger partial charge in [-0.25, -0.2) is 0 Å². The Balaban J connectivity index is 2.59. The highest BCUT2D eigenvalue weighted by Crippen LogP contribution is 2.02. The van der Waals surface area contributed by atoms with Crippen molar-refractivity contribution in [1.82, 2.24) is 10.2 Å². The molecule has 0 aromatic rings. The van der Waals surface area contributed by atoms with Crippen molar-refractivity contribution in [2.24, 2.45) is 0 Å². The first-order valence-electron chi connectivity index (χ1n) is 4.11. The van der Waals surface area contributed by atoms with E-state index in [2.05, 4.69) is 5.32 Å². The molecule has 0 radical (unpaired) electrons. The van der Waals surface area contributed by atoms with E-state index < -0.39 is 0 Å². The third-order valence-corrected chi connectivity index (χ3v) is 1.80. The van der Waals surface area contributed by atoms with Crippen LogP contribution in [0.25, 0.3) is 0 Å². The fraction of sp³-hybridized carbons (Fsp3) is 0.200. The summed E-state index contributed by atoms with van der Waals surface area (Å²) < 4.78 is 0. The van der Waals surface area contributed by atoms with E-state index in [9.17, 15) is 0 Å². The third kappa shape index (κ3) is 2.40. The summed E-state index contributed by atoms with van der Waals surface area (Å²) in [7, 11) is 1.91. The van der Waals surface area contributed by atoms with E-state index in [1.165, 1.54) is 6.20 Å². The van der Waals surface area contributed by atoms with E-state index >= 15 is 0 Å². The van der Waals surface area contributed by atoms with Crippen molar-refractivity contribution < 1.29 is 0 Å². The first-order chi connectivity index (χ1) is 6.77. The molecule has 0 aromatic heterocycles. The van der Waals surface area contributed by atoms with Gasteiger partial charge >= 0.3 is 0 Å². The maximum Gasteiger partial charge on any atom is 0.145 e. The Morgan fingerprint density at radius 3 is 2.71 bits per heavy atom. The van der Waals surface area contributed by atoms with E-state index in [0.29, 0.717) is 0 Å². The lowest BCUT2D eigenvalue weighted by atomic mass is 10.3. The highest BCUT2D eigenvalue weighted by atomic mass is 15.2. The summed E-state index contributed by atoms with van der Waals surface area (Å²) >= 11 is 0. The zero-order valence-corrected chi connectivity index (χ0v) is 7.81. The molecular weight excluding hydrogens is 176 g/mol. The first kappa shape index (κ1) is 9.88. The molecule has 0 aromatic carbocycles. The van der Waals surface area contributed by atoms with Crippen molar-refractivity contribution in [3.8, 4) is 12.1 Å². The number of nitriles is 2. The normalized spacial score (nSPS) is 18.2. The van der Waals surface area contributed by atoms with Crippen LogP contribution in [0.15, 0.2) is 36.2 Å². The van der Waals surface area contributed by atoms with Crippen LogP contribution in [0.4, 0.5) is 0 Å². The number of hydrogen-bond acceptors (Lipinski definition) is 4. The molecule has 14 heavy (non-hydrogen) atoms. The summed E-state index contributed by atoms with van der Waals surface area (Å²) in [6, 6.07) is 3.57. The Kier molecular flexibility index (Phi) is 3.34. The van der Waals surface area contributed by atoms with Gasteiger partial charge in [0.15, 0.2) is 0 Å². The van der Waals surface area contributed by atoms with Gasteiger partial charge in [0.25, 0.3) is 0 Å². The molecule has 0 amide bonds. The van der Waals surface area contributed by atoms with Crippen LogP contribution < -0.4 is 5.32 Å². The fourth-order valence-electron chi connectivity index (χ4n) is 1.01. The zero-order valence-electron chi connectivity index (χ0n) is 7.81. The van der Waals surface area contributed by atoms with Gasteiger partial charge in [-0.1, -0.05) is 6.08 Å². The van der Waals surface area contributed by atoms with Gasteiger partial charge in [-0.3, -0.25) is 0 Å². The molecule has 0 saturated carbocycles. The van der Waals surface area contributed by atoms with Crippen LogP contribution in [0.3, 0.4) is 0 Å². The van der Waals surface area contributed by atoms with Crippen molar-refractivity contribution in [2.45, 2.75) is 6.17 Å². The molecule has 0 bridgehead atoms. The van der Waals surface area contributed by atoms with E-state index in [4.69, 9.17) is 10.5 Å². The lowest BCUT2D eigenvalue weighted by molar-refractivity contribution is 0.351. The maximum atomic E-state index is 8.50. The second kappa shape index (κ2) is 4.74. The van der Waals surface area contributed by atoms with Crippen molar-refractivity contribution in [3.63, 3.8) is 0 Å². The predicted molar refractivity (Wildman–Crippen MR) is 52.3 cm³/mol. The minimum absolute atomic E-state index is 0.00306. The minimum Gasteiger partial charge on any atom is -0.366 e. The fourth-order valence-corrected chi connectivity index (χ4v) is 1.01. The largest absolute Gasteiger partial charge is 0.366 e. The summed E-state index contributed by atoms with van der Waals surface area (Å²) in [5, 5.41) is 19.9. The van der Waals surface area contributed by atoms with E-state index in [1.807, 2.05) is 36.4 Å². The number of likely N-dealkylation sites (N-methyl/N-ethyl adjacent to an activating group) is 1. The van der Waals surface area contributed by atoms with Crippen LogP contribution in [-0.2, 0) is 0 Å². The quantitative estimate of drug-likeness (QED) is 0.649. The van der Waals surface area contributed by atoms with Crippen LogP contribution in [0.5, 0.6) is 0 Å². The van der Waals surface area contributed by atoms with Gasteiger partial charge < -0.3 is 10.2 Å². The van der Waals surface area contributed by atoms with Crippen LogP contribution in [0, 0.1) is 22.7 Å². The Morgan fingerprint density at radius 2 is 2.14 bits per heavy atom. The molecule has 1 unspecified atom stereocenters. The summed E-state index contributed by atoms with van der Waals surface area (Å²) in [4.78, 5) is 1.93.